The van der Waals surface area contributed by atoms with Gasteiger partial charge in [0.05, 0.1) is 19.8 Å². The molecule has 0 bridgehead atoms. The van der Waals surface area contributed by atoms with Crippen molar-refractivity contribution in [2.75, 3.05) is 26.4 Å². The summed E-state index contributed by atoms with van der Waals surface area (Å²) in [5, 5.41) is 9.85. The number of hydrogen-bond donors (Lipinski definition) is 2. The molecule has 0 aromatic rings. The summed E-state index contributed by atoms with van der Waals surface area (Å²) in [5.41, 5.74) is 0. The lowest BCUT2D eigenvalue weighted by Crippen LogP contribution is -2.30. The van der Waals surface area contributed by atoms with Crippen molar-refractivity contribution in [2.24, 2.45) is 0 Å². The predicted molar refractivity (Wildman–Crippen MR) is 325 cm³/mol. The number of phosphoric acid groups is 1. The summed E-state index contributed by atoms with van der Waals surface area (Å²) in [4.78, 5) is 48.7. The lowest BCUT2D eigenvalue weighted by Gasteiger charge is -2.21. The van der Waals surface area contributed by atoms with E-state index in [2.05, 4.69) is 106 Å². The second kappa shape index (κ2) is 59.8. The van der Waals surface area contributed by atoms with E-state index in [1.54, 1.807) is 0 Å². The molecule has 450 valence electrons. The molecule has 3 unspecified atom stereocenters. The average Bonchev–Trinajstić information content (AvgIpc) is 3.43. The Morgan fingerprint density at radius 3 is 1.05 bits per heavy atom. The van der Waals surface area contributed by atoms with Gasteiger partial charge in [-0.05, 0) is 96.3 Å². The number of ether oxygens (including phenoxy) is 3. The minimum absolute atomic E-state index is 0.149. The van der Waals surface area contributed by atoms with Gasteiger partial charge in [0.25, 0.3) is 0 Å². The first-order valence-electron chi connectivity index (χ1n) is 31.5. The molecule has 2 N–H and O–H groups in total. The van der Waals surface area contributed by atoms with Gasteiger partial charge in [-0.1, -0.05) is 247 Å². The van der Waals surface area contributed by atoms with E-state index in [1.807, 2.05) is 0 Å². The lowest BCUT2D eigenvalue weighted by atomic mass is 10.0. The Balaban J connectivity index is 4.70. The largest absolute Gasteiger partial charge is 0.472 e. The van der Waals surface area contributed by atoms with Crippen LogP contribution in [-0.2, 0) is 42.2 Å². The number of allylic oxidation sites excluding steroid dienone is 14. The maximum absolute atomic E-state index is 12.9. The first kappa shape index (κ1) is 74.7. The van der Waals surface area contributed by atoms with Gasteiger partial charge in [-0.25, -0.2) is 4.57 Å². The van der Waals surface area contributed by atoms with Gasteiger partial charge in [0.1, 0.15) is 12.7 Å². The Morgan fingerprint density at radius 1 is 0.372 bits per heavy atom. The zero-order valence-corrected chi connectivity index (χ0v) is 50.8. The number of rotatable bonds is 58. The molecule has 0 saturated carbocycles. The third kappa shape index (κ3) is 57.3. The van der Waals surface area contributed by atoms with Gasteiger partial charge in [-0.15, -0.1) is 0 Å². The van der Waals surface area contributed by atoms with E-state index in [-0.39, 0.29) is 25.9 Å². The standard InChI is InChI=1S/C66H115O11P/c1-4-7-10-13-16-19-22-25-27-29-31-33-35-38-41-44-47-50-53-56-65(69)76-62(58-67)60-74-78(71,72)75-61-63(59-73-64(68)55-52-49-46-43-40-37-24-21-18-15-12-9-6-3)77-66(70)57-54-51-48-45-42-39-36-34-32-30-28-26-23-20-17-14-11-8-5-2/h8,11,16-17,19-20,25-28,31-34,62-63,67H,4-7,9-10,12-15,18,21-24,29-30,35-61H2,1-3H3,(H,71,72)/b11-8-,19-16-,20-17-,27-25-,28-26-,33-31-,34-32-. The fourth-order valence-corrected chi connectivity index (χ4v) is 9.32. The summed E-state index contributed by atoms with van der Waals surface area (Å²) in [6.45, 7) is 4.50. The molecule has 0 aromatic carbocycles. The second-order valence-corrected chi connectivity index (χ2v) is 22.3. The SMILES string of the molecule is CC/C=C\C/C=C\C/C=C\C/C=C\CCCCCCCCC(=O)OC(COC(=O)CCCCCCCCCCCCCCC)COP(=O)(O)OCC(CO)OC(=O)CCCCCCCC/C=C\C/C=C\C/C=C\CCCCC. The van der Waals surface area contributed by atoms with Crippen LogP contribution in [0.1, 0.15) is 278 Å². The molecule has 0 amide bonds. The van der Waals surface area contributed by atoms with E-state index < -0.39 is 57.8 Å². The summed E-state index contributed by atoms with van der Waals surface area (Å²) >= 11 is 0. The minimum atomic E-state index is -4.76. The Morgan fingerprint density at radius 2 is 0.667 bits per heavy atom. The van der Waals surface area contributed by atoms with Crippen LogP contribution in [0.15, 0.2) is 85.1 Å². The summed E-state index contributed by atoms with van der Waals surface area (Å²) in [6, 6.07) is 0. The van der Waals surface area contributed by atoms with Crippen LogP contribution < -0.4 is 0 Å². The highest BCUT2D eigenvalue weighted by atomic mass is 31.2. The topological polar surface area (TPSA) is 155 Å². The van der Waals surface area contributed by atoms with Gasteiger partial charge < -0.3 is 24.2 Å². The highest BCUT2D eigenvalue weighted by Gasteiger charge is 2.28. The molecule has 0 spiro atoms. The van der Waals surface area contributed by atoms with E-state index >= 15 is 0 Å². The van der Waals surface area contributed by atoms with Gasteiger partial charge in [0, 0.05) is 19.3 Å². The fraction of sp³-hybridized carbons (Fsp3) is 0.742. The molecule has 0 radical (unpaired) electrons. The normalized spacial score (nSPS) is 13.9. The van der Waals surface area contributed by atoms with Crippen molar-refractivity contribution in [3.63, 3.8) is 0 Å². The van der Waals surface area contributed by atoms with E-state index in [9.17, 15) is 28.9 Å². The highest BCUT2D eigenvalue weighted by Crippen LogP contribution is 2.43. The van der Waals surface area contributed by atoms with Crippen molar-refractivity contribution >= 4 is 25.7 Å². The molecule has 0 aliphatic carbocycles. The summed E-state index contributed by atoms with van der Waals surface area (Å²) in [6.07, 6.45) is 69.5. The first-order chi connectivity index (χ1) is 38.2. The monoisotopic (exact) mass is 1110 g/mol. The molecular formula is C66H115O11P. The first-order valence-corrected chi connectivity index (χ1v) is 33.0. The molecule has 0 saturated heterocycles. The number of phosphoric ester groups is 1. The number of carbonyl (C=O) groups is 3. The predicted octanol–water partition coefficient (Wildman–Crippen LogP) is 19.0. The van der Waals surface area contributed by atoms with Crippen LogP contribution >= 0.6 is 7.82 Å². The van der Waals surface area contributed by atoms with E-state index in [0.717, 1.165) is 135 Å². The van der Waals surface area contributed by atoms with Crippen molar-refractivity contribution < 1.29 is 52.2 Å². The summed E-state index contributed by atoms with van der Waals surface area (Å²) in [7, 11) is -4.76. The van der Waals surface area contributed by atoms with Crippen molar-refractivity contribution in [1.29, 1.82) is 0 Å². The molecule has 12 heteroatoms. The molecule has 78 heavy (non-hydrogen) atoms. The van der Waals surface area contributed by atoms with Crippen molar-refractivity contribution in [3.05, 3.63) is 85.1 Å². The molecule has 0 rings (SSSR count). The third-order valence-electron chi connectivity index (χ3n) is 13.3. The van der Waals surface area contributed by atoms with Crippen LogP contribution in [-0.4, -0.2) is 66.5 Å². The molecule has 0 aromatic heterocycles. The smallest absolute Gasteiger partial charge is 0.462 e. The molecule has 11 nitrogen and oxygen atoms in total. The maximum atomic E-state index is 12.9. The van der Waals surface area contributed by atoms with Crippen LogP contribution in [0.25, 0.3) is 0 Å². The van der Waals surface area contributed by atoms with Crippen molar-refractivity contribution in [2.45, 2.75) is 290 Å². The summed E-state index contributed by atoms with van der Waals surface area (Å²) in [5.74, 6) is -1.49. The lowest BCUT2D eigenvalue weighted by molar-refractivity contribution is -0.161. The Bertz CT molecular complexity index is 1630. The van der Waals surface area contributed by atoms with Gasteiger partial charge in [0.2, 0.25) is 0 Å². The van der Waals surface area contributed by atoms with Crippen molar-refractivity contribution in [1.82, 2.24) is 0 Å². The average molecular weight is 1120 g/mol. The zero-order chi connectivity index (χ0) is 56.9. The molecule has 0 heterocycles. The minimum Gasteiger partial charge on any atom is -0.462 e. The fourth-order valence-electron chi connectivity index (χ4n) is 8.53. The Labute approximate surface area is 477 Å². The van der Waals surface area contributed by atoms with Crippen molar-refractivity contribution in [3.8, 4) is 0 Å². The van der Waals surface area contributed by atoms with Gasteiger partial charge >= 0.3 is 25.7 Å². The number of unbranched alkanes of at least 4 members (excludes halogenated alkanes) is 27. The van der Waals surface area contributed by atoms with Crippen LogP contribution in [0, 0.1) is 0 Å². The summed E-state index contributed by atoms with van der Waals surface area (Å²) < 4.78 is 39.6. The maximum Gasteiger partial charge on any atom is 0.472 e. The quantitative estimate of drug-likeness (QED) is 0.0197. The van der Waals surface area contributed by atoms with Gasteiger partial charge in [-0.3, -0.25) is 23.4 Å². The van der Waals surface area contributed by atoms with Crippen LogP contribution in [0.2, 0.25) is 0 Å². The molecule has 0 fully saturated rings. The van der Waals surface area contributed by atoms with E-state index in [4.69, 9.17) is 23.3 Å². The number of hydrogen-bond acceptors (Lipinski definition) is 10. The Hall–Kier alpha value is -3.34. The zero-order valence-electron chi connectivity index (χ0n) is 49.9. The molecular weight excluding hydrogens is 1000 g/mol. The molecule has 0 aliphatic rings. The number of aliphatic hydroxyl groups excluding tert-OH is 1. The van der Waals surface area contributed by atoms with Gasteiger partial charge in [-0.2, -0.15) is 0 Å². The number of aliphatic hydroxyl groups is 1. The van der Waals surface area contributed by atoms with Gasteiger partial charge in [0.15, 0.2) is 6.10 Å². The second-order valence-electron chi connectivity index (χ2n) is 20.8. The number of esters is 3. The molecule has 3 atom stereocenters. The highest BCUT2D eigenvalue weighted by molar-refractivity contribution is 7.47. The van der Waals surface area contributed by atoms with Crippen LogP contribution in [0.3, 0.4) is 0 Å². The number of carbonyl (C=O) groups excluding carboxylic acids is 3. The van der Waals surface area contributed by atoms with E-state index in [0.29, 0.717) is 19.3 Å². The van der Waals surface area contributed by atoms with E-state index in [1.165, 1.54) is 83.5 Å². The van der Waals surface area contributed by atoms with Crippen LogP contribution in [0.4, 0.5) is 0 Å². The molecule has 0 aliphatic heterocycles. The Kier molecular flexibility index (Phi) is 57.2. The third-order valence-corrected chi connectivity index (χ3v) is 14.3. The van der Waals surface area contributed by atoms with Crippen LogP contribution in [0.5, 0.6) is 0 Å².